The summed E-state index contributed by atoms with van der Waals surface area (Å²) in [4.78, 5) is 12.7. The van der Waals surface area contributed by atoms with Crippen molar-refractivity contribution in [3.63, 3.8) is 0 Å². The van der Waals surface area contributed by atoms with Crippen molar-refractivity contribution in [2.75, 3.05) is 26.3 Å². The zero-order chi connectivity index (χ0) is 14.4. The predicted octanol–water partition coefficient (Wildman–Crippen LogP) is 2.15. The number of hydrogen-bond acceptors (Lipinski definition) is 3. The van der Waals surface area contributed by atoms with Gasteiger partial charge in [0.05, 0.1) is 6.61 Å². The van der Waals surface area contributed by atoms with Gasteiger partial charge >= 0.3 is 5.97 Å². The monoisotopic (exact) mass is 279 g/mol. The minimum Gasteiger partial charge on any atom is -0.478 e. The van der Waals surface area contributed by atoms with Gasteiger partial charge in [-0.25, -0.2) is 9.18 Å². The zero-order valence-corrected chi connectivity index (χ0v) is 11.2. The number of benzene rings is 1. The summed E-state index contributed by atoms with van der Waals surface area (Å²) in [6.45, 7) is 3.87. The summed E-state index contributed by atoms with van der Waals surface area (Å²) >= 11 is 0. The average molecular weight is 279 g/mol. The second kappa shape index (κ2) is 7.17. The van der Waals surface area contributed by atoms with E-state index in [-0.39, 0.29) is 5.82 Å². The topological polar surface area (TPSA) is 49.8 Å². The lowest BCUT2D eigenvalue weighted by molar-refractivity contribution is -0.131. The van der Waals surface area contributed by atoms with Crippen LogP contribution in [0, 0.1) is 5.82 Å². The summed E-state index contributed by atoms with van der Waals surface area (Å²) in [5.74, 6) is -1.39. The number of hydrogen-bond donors (Lipinski definition) is 1. The molecule has 1 saturated heterocycles. The highest BCUT2D eigenvalue weighted by atomic mass is 19.1. The van der Waals surface area contributed by atoms with E-state index in [2.05, 4.69) is 4.90 Å². The molecule has 1 aromatic carbocycles. The van der Waals surface area contributed by atoms with Gasteiger partial charge in [0, 0.05) is 32.3 Å². The third kappa shape index (κ3) is 4.75. The molecular formula is C15H18FNO3. The van der Waals surface area contributed by atoms with Crippen molar-refractivity contribution in [3.8, 4) is 0 Å². The molecule has 0 saturated carbocycles. The number of carboxylic acids is 1. The quantitative estimate of drug-likeness (QED) is 0.858. The molecule has 0 aromatic heterocycles. The first kappa shape index (κ1) is 14.7. The summed E-state index contributed by atoms with van der Waals surface area (Å²) < 4.78 is 18.9. The summed E-state index contributed by atoms with van der Waals surface area (Å²) in [5.41, 5.74) is 1.41. The maximum absolute atomic E-state index is 13.6. The van der Waals surface area contributed by atoms with Gasteiger partial charge in [-0.2, -0.15) is 0 Å². The van der Waals surface area contributed by atoms with Crippen molar-refractivity contribution >= 4 is 12.0 Å². The smallest absolute Gasteiger partial charge is 0.328 e. The molecule has 4 nitrogen and oxygen atoms in total. The predicted molar refractivity (Wildman–Crippen MR) is 73.8 cm³/mol. The Labute approximate surface area is 117 Å². The highest BCUT2D eigenvalue weighted by molar-refractivity contribution is 5.85. The molecule has 108 valence electrons. The van der Waals surface area contributed by atoms with E-state index in [1.54, 1.807) is 0 Å². The van der Waals surface area contributed by atoms with Crippen LogP contribution in [0.5, 0.6) is 0 Å². The van der Waals surface area contributed by atoms with Crippen LogP contribution in [0.2, 0.25) is 0 Å². The number of aliphatic carboxylic acids is 1. The highest BCUT2D eigenvalue weighted by Gasteiger charge is 2.10. The van der Waals surface area contributed by atoms with E-state index < -0.39 is 5.97 Å². The van der Waals surface area contributed by atoms with Crippen LogP contribution < -0.4 is 0 Å². The minimum atomic E-state index is -1.04. The van der Waals surface area contributed by atoms with E-state index in [1.165, 1.54) is 18.2 Å². The molecule has 0 atom stereocenters. The first-order chi connectivity index (χ1) is 9.63. The number of rotatable bonds is 4. The van der Waals surface area contributed by atoms with Gasteiger partial charge in [0.15, 0.2) is 0 Å². The standard InChI is InChI=1S/C15H18FNO3/c16-14-9-12(2-3-15(18)19)8-13(10-14)11-17-4-1-6-20-7-5-17/h2-3,8-10H,1,4-7,11H2,(H,18,19). The van der Waals surface area contributed by atoms with Crippen molar-refractivity contribution < 1.29 is 19.0 Å². The highest BCUT2D eigenvalue weighted by Crippen LogP contribution is 2.14. The maximum Gasteiger partial charge on any atom is 0.328 e. The van der Waals surface area contributed by atoms with E-state index >= 15 is 0 Å². The van der Waals surface area contributed by atoms with Crippen molar-refractivity contribution in [2.45, 2.75) is 13.0 Å². The van der Waals surface area contributed by atoms with Crippen LogP contribution in [0.3, 0.4) is 0 Å². The third-order valence-electron chi connectivity index (χ3n) is 3.12. The van der Waals surface area contributed by atoms with E-state index in [4.69, 9.17) is 9.84 Å². The molecule has 1 N–H and O–H groups in total. The SMILES string of the molecule is O=C(O)C=Cc1cc(F)cc(CN2CCCOCC2)c1. The van der Waals surface area contributed by atoms with Gasteiger partial charge in [-0.15, -0.1) is 0 Å². The molecule has 0 bridgehead atoms. The van der Waals surface area contributed by atoms with Gasteiger partial charge < -0.3 is 9.84 Å². The van der Waals surface area contributed by atoms with Gasteiger partial charge in [-0.1, -0.05) is 6.07 Å². The number of carboxylic acid groups (broad SMARTS) is 1. The minimum absolute atomic E-state index is 0.349. The number of nitrogens with zero attached hydrogens (tertiary/aromatic N) is 1. The second-order valence-electron chi connectivity index (χ2n) is 4.81. The Morgan fingerprint density at radius 2 is 2.20 bits per heavy atom. The van der Waals surface area contributed by atoms with Gasteiger partial charge in [0.1, 0.15) is 5.82 Å². The fourth-order valence-corrected chi connectivity index (χ4v) is 2.24. The molecule has 1 aromatic rings. The molecular weight excluding hydrogens is 261 g/mol. The Morgan fingerprint density at radius 1 is 1.35 bits per heavy atom. The first-order valence-corrected chi connectivity index (χ1v) is 6.64. The third-order valence-corrected chi connectivity index (χ3v) is 3.12. The number of carbonyl (C=O) groups is 1. The molecule has 2 rings (SSSR count). The summed E-state index contributed by atoms with van der Waals surface area (Å²) in [6, 6.07) is 4.63. The Kier molecular flexibility index (Phi) is 5.26. The van der Waals surface area contributed by atoms with Gasteiger partial charge in [-0.3, -0.25) is 4.90 Å². The Morgan fingerprint density at radius 3 is 3.00 bits per heavy atom. The largest absolute Gasteiger partial charge is 0.478 e. The van der Waals surface area contributed by atoms with E-state index in [0.717, 1.165) is 37.8 Å². The normalized spacial score (nSPS) is 17.2. The Bertz CT molecular complexity index is 494. The van der Waals surface area contributed by atoms with Crippen molar-refractivity contribution in [3.05, 3.63) is 41.2 Å². The molecule has 1 aliphatic rings. The molecule has 1 fully saturated rings. The molecule has 0 aliphatic carbocycles. The molecule has 1 aliphatic heterocycles. The van der Waals surface area contributed by atoms with Gasteiger partial charge in [-0.05, 0) is 35.8 Å². The molecule has 1 heterocycles. The van der Waals surface area contributed by atoms with Gasteiger partial charge in [0.2, 0.25) is 0 Å². The van der Waals surface area contributed by atoms with Crippen LogP contribution >= 0.6 is 0 Å². The fourth-order valence-electron chi connectivity index (χ4n) is 2.24. The molecule has 0 spiro atoms. The second-order valence-corrected chi connectivity index (χ2v) is 4.81. The molecule has 5 heteroatoms. The molecule has 0 unspecified atom stereocenters. The van der Waals surface area contributed by atoms with Crippen molar-refractivity contribution in [1.82, 2.24) is 4.90 Å². The number of halogens is 1. The summed E-state index contributed by atoms with van der Waals surface area (Å²) in [7, 11) is 0. The average Bonchev–Trinajstić information content (AvgIpc) is 2.64. The lowest BCUT2D eigenvalue weighted by Crippen LogP contribution is -2.25. The fraction of sp³-hybridized carbons (Fsp3) is 0.400. The Balaban J connectivity index is 2.08. The van der Waals surface area contributed by atoms with Crippen LogP contribution in [0.25, 0.3) is 6.08 Å². The maximum atomic E-state index is 13.6. The van der Waals surface area contributed by atoms with Crippen LogP contribution in [0.4, 0.5) is 4.39 Å². The zero-order valence-electron chi connectivity index (χ0n) is 11.2. The number of ether oxygens (including phenoxy) is 1. The van der Waals surface area contributed by atoms with Crippen LogP contribution in [-0.4, -0.2) is 42.3 Å². The molecule has 20 heavy (non-hydrogen) atoms. The van der Waals surface area contributed by atoms with E-state index in [0.29, 0.717) is 18.7 Å². The van der Waals surface area contributed by atoms with E-state index in [1.807, 2.05) is 6.07 Å². The van der Waals surface area contributed by atoms with Crippen LogP contribution in [0.15, 0.2) is 24.3 Å². The lowest BCUT2D eigenvalue weighted by atomic mass is 10.1. The Hall–Kier alpha value is -1.72. The van der Waals surface area contributed by atoms with E-state index in [9.17, 15) is 9.18 Å². The van der Waals surface area contributed by atoms with Crippen molar-refractivity contribution in [2.24, 2.45) is 0 Å². The van der Waals surface area contributed by atoms with Crippen molar-refractivity contribution in [1.29, 1.82) is 0 Å². The summed E-state index contributed by atoms with van der Waals surface area (Å²) in [5, 5.41) is 8.60. The molecule has 0 amide bonds. The first-order valence-electron chi connectivity index (χ1n) is 6.64. The summed E-state index contributed by atoms with van der Waals surface area (Å²) in [6.07, 6.45) is 3.39. The van der Waals surface area contributed by atoms with Gasteiger partial charge in [0.25, 0.3) is 0 Å². The van der Waals surface area contributed by atoms with Crippen LogP contribution in [-0.2, 0) is 16.1 Å². The lowest BCUT2D eigenvalue weighted by Gasteiger charge is -2.19. The van der Waals surface area contributed by atoms with Crippen LogP contribution in [0.1, 0.15) is 17.5 Å². The molecule has 0 radical (unpaired) electrons.